The molecule has 2 heterocycles. The van der Waals surface area contributed by atoms with E-state index in [1.54, 1.807) is 23.0 Å². The number of nitrogens with zero attached hydrogens (tertiary/aromatic N) is 3. The van der Waals surface area contributed by atoms with Crippen molar-refractivity contribution in [3.8, 4) is 0 Å². The first kappa shape index (κ1) is 7.05. The van der Waals surface area contributed by atoms with Crippen molar-refractivity contribution in [3.63, 3.8) is 0 Å². The van der Waals surface area contributed by atoms with Gasteiger partial charge in [0.05, 0.1) is 30.4 Å². The van der Waals surface area contributed by atoms with Crippen molar-refractivity contribution in [1.82, 2.24) is 14.6 Å². The van der Waals surface area contributed by atoms with Gasteiger partial charge >= 0.3 is 0 Å². The molecule has 0 aliphatic rings. The van der Waals surface area contributed by atoms with Crippen LogP contribution in [0, 0.1) is 0 Å². The maximum atomic E-state index is 8.77. The van der Waals surface area contributed by atoms with Crippen LogP contribution in [0.15, 0.2) is 18.5 Å². The van der Waals surface area contributed by atoms with Crippen molar-refractivity contribution in [1.29, 1.82) is 0 Å². The molecular weight excluding hydrogens is 156 g/mol. The largest absolute Gasteiger partial charge is 0.396 e. The van der Waals surface area contributed by atoms with Gasteiger partial charge in [0, 0.05) is 6.07 Å². The van der Waals surface area contributed by atoms with E-state index in [1.807, 2.05) is 0 Å². The Morgan fingerprint density at radius 2 is 2.42 bits per heavy atom. The summed E-state index contributed by atoms with van der Waals surface area (Å²) >= 11 is 0. The second-order valence-electron chi connectivity index (χ2n) is 2.48. The number of nitrogen functional groups attached to an aromatic ring is 1. The summed E-state index contributed by atoms with van der Waals surface area (Å²) in [6.07, 6.45) is 3.21. The highest BCUT2D eigenvalue weighted by Crippen LogP contribution is 2.05. The highest BCUT2D eigenvalue weighted by atomic mass is 16.3. The lowest BCUT2D eigenvalue weighted by atomic mass is 10.4. The molecule has 0 atom stereocenters. The zero-order valence-corrected chi connectivity index (χ0v) is 6.31. The molecular formula is C7H8N4O. The third-order valence-corrected chi connectivity index (χ3v) is 1.55. The summed E-state index contributed by atoms with van der Waals surface area (Å²) in [4.78, 5) is 4.01. The smallest absolute Gasteiger partial charge is 0.155 e. The van der Waals surface area contributed by atoms with E-state index in [1.165, 1.54) is 0 Å². The average Bonchev–Trinajstić information content (AvgIpc) is 2.46. The van der Waals surface area contributed by atoms with Gasteiger partial charge in [0.15, 0.2) is 5.65 Å². The van der Waals surface area contributed by atoms with E-state index in [4.69, 9.17) is 10.8 Å². The highest BCUT2D eigenvalue weighted by Gasteiger charge is 2.00. The lowest BCUT2D eigenvalue weighted by Crippen LogP contribution is -1.94. The first-order valence-corrected chi connectivity index (χ1v) is 3.50. The molecule has 2 rings (SSSR count). The van der Waals surface area contributed by atoms with Crippen LogP contribution in [-0.2, 0) is 6.61 Å². The number of aromatic nitrogens is 3. The van der Waals surface area contributed by atoms with Gasteiger partial charge in [-0.1, -0.05) is 0 Å². The molecule has 0 saturated heterocycles. The Labute approximate surface area is 68.5 Å². The molecule has 0 amide bonds. The second-order valence-corrected chi connectivity index (χ2v) is 2.48. The van der Waals surface area contributed by atoms with Gasteiger partial charge < -0.3 is 10.8 Å². The normalized spacial score (nSPS) is 10.8. The van der Waals surface area contributed by atoms with Crippen LogP contribution in [-0.4, -0.2) is 19.7 Å². The quantitative estimate of drug-likeness (QED) is 0.612. The maximum absolute atomic E-state index is 8.77. The lowest BCUT2D eigenvalue weighted by molar-refractivity contribution is 0.276. The summed E-state index contributed by atoms with van der Waals surface area (Å²) in [6.45, 7) is -0.0801. The molecule has 0 radical (unpaired) electrons. The summed E-state index contributed by atoms with van der Waals surface area (Å²) in [6, 6.07) is 1.71. The van der Waals surface area contributed by atoms with Crippen LogP contribution in [0.25, 0.3) is 5.65 Å². The van der Waals surface area contributed by atoms with E-state index in [9.17, 15) is 0 Å². The minimum atomic E-state index is -0.0801. The summed E-state index contributed by atoms with van der Waals surface area (Å²) in [5.41, 5.74) is 7.32. The maximum Gasteiger partial charge on any atom is 0.155 e. The molecule has 0 aliphatic carbocycles. The molecule has 0 spiro atoms. The van der Waals surface area contributed by atoms with Crippen LogP contribution in [0.1, 0.15) is 5.69 Å². The minimum absolute atomic E-state index is 0.0801. The van der Waals surface area contributed by atoms with Crippen LogP contribution >= 0.6 is 0 Å². The van der Waals surface area contributed by atoms with Crippen molar-refractivity contribution in [2.45, 2.75) is 6.61 Å². The Kier molecular flexibility index (Phi) is 1.44. The van der Waals surface area contributed by atoms with E-state index < -0.39 is 0 Å². The fourth-order valence-electron chi connectivity index (χ4n) is 1.02. The van der Waals surface area contributed by atoms with Gasteiger partial charge in [-0.2, -0.15) is 5.10 Å². The van der Waals surface area contributed by atoms with Crippen molar-refractivity contribution in [2.75, 3.05) is 5.73 Å². The third kappa shape index (κ3) is 0.998. The molecule has 3 N–H and O–H groups in total. The Bertz CT molecular complexity index is 409. The van der Waals surface area contributed by atoms with Gasteiger partial charge in [-0.15, -0.1) is 0 Å². The summed E-state index contributed by atoms with van der Waals surface area (Å²) in [5, 5.41) is 12.8. The summed E-state index contributed by atoms with van der Waals surface area (Å²) in [5.74, 6) is 0. The van der Waals surface area contributed by atoms with Gasteiger partial charge in [-0.25, -0.2) is 9.50 Å². The van der Waals surface area contributed by atoms with Gasteiger partial charge in [0.2, 0.25) is 0 Å². The molecule has 0 saturated carbocycles. The Balaban J connectivity index is 2.67. The van der Waals surface area contributed by atoms with Gasteiger partial charge in [-0.3, -0.25) is 0 Å². The molecule has 2 aromatic rings. The molecule has 0 aromatic carbocycles. The van der Waals surface area contributed by atoms with Crippen molar-refractivity contribution in [2.24, 2.45) is 0 Å². The van der Waals surface area contributed by atoms with Gasteiger partial charge in [0.25, 0.3) is 0 Å². The summed E-state index contributed by atoms with van der Waals surface area (Å²) < 4.78 is 1.54. The molecule has 12 heavy (non-hydrogen) atoms. The van der Waals surface area contributed by atoms with Crippen LogP contribution < -0.4 is 5.73 Å². The Morgan fingerprint density at radius 1 is 1.58 bits per heavy atom. The number of aliphatic hydroxyl groups is 1. The van der Waals surface area contributed by atoms with E-state index >= 15 is 0 Å². The van der Waals surface area contributed by atoms with Gasteiger partial charge in [0.1, 0.15) is 0 Å². The first-order chi connectivity index (χ1) is 5.79. The fourth-order valence-corrected chi connectivity index (χ4v) is 1.02. The van der Waals surface area contributed by atoms with Gasteiger partial charge in [-0.05, 0) is 0 Å². The average molecular weight is 164 g/mol. The van der Waals surface area contributed by atoms with Crippen LogP contribution in [0.2, 0.25) is 0 Å². The fraction of sp³-hybridized carbons (Fsp3) is 0.143. The molecule has 0 aliphatic heterocycles. The number of anilines is 1. The minimum Gasteiger partial charge on any atom is -0.396 e. The summed E-state index contributed by atoms with van der Waals surface area (Å²) in [7, 11) is 0. The number of hydrogen-bond donors (Lipinski definition) is 2. The molecule has 0 bridgehead atoms. The lowest BCUT2D eigenvalue weighted by Gasteiger charge is -1.92. The van der Waals surface area contributed by atoms with E-state index in [0.717, 1.165) is 0 Å². The second kappa shape index (κ2) is 2.46. The Hall–Kier alpha value is -1.62. The molecule has 5 nitrogen and oxygen atoms in total. The van der Waals surface area contributed by atoms with Crippen molar-refractivity contribution < 1.29 is 5.11 Å². The van der Waals surface area contributed by atoms with Crippen LogP contribution in [0.3, 0.4) is 0 Å². The topological polar surface area (TPSA) is 76.4 Å². The highest BCUT2D eigenvalue weighted by molar-refractivity contribution is 5.44. The predicted octanol–water partition coefficient (Wildman–Crippen LogP) is -0.196. The number of rotatable bonds is 1. The molecule has 62 valence electrons. The third-order valence-electron chi connectivity index (χ3n) is 1.55. The van der Waals surface area contributed by atoms with E-state index in [-0.39, 0.29) is 6.61 Å². The Morgan fingerprint density at radius 3 is 3.17 bits per heavy atom. The number of fused-ring (bicyclic) bond motifs is 1. The zero-order chi connectivity index (χ0) is 8.55. The van der Waals surface area contributed by atoms with Crippen LogP contribution in [0.5, 0.6) is 0 Å². The molecule has 0 fully saturated rings. The predicted molar refractivity (Wildman–Crippen MR) is 43.3 cm³/mol. The molecule has 2 aromatic heterocycles. The van der Waals surface area contributed by atoms with E-state index in [2.05, 4.69) is 10.1 Å². The van der Waals surface area contributed by atoms with Crippen molar-refractivity contribution >= 4 is 11.3 Å². The van der Waals surface area contributed by atoms with E-state index in [0.29, 0.717) is 17.0 Å². The monoisotopic (exact) mass is 164 g/mol. The molecule has 0 unspecified atom stereocenters. The first-order valence-electron chi connectivity index (χ1n) is 3.50. The SMILES string of the molecule is Nc1cnc2cc(CO)nn2c1. The standard InChI is InChI=1S/C7H8N4O/c8-5-2-9-7-1-6(4-12)10-11(7)3-5/h1-3,12H,4,8H2. The van der Waals surface area contributed by atoms with Crippen molar-refractivity contribution in [3.05, 3.63) is 24.2 Å². The zero-order valence-electron chi connectivity index (χ0n) is 6.31. The van der Waals surface area contributed by atoms with Crippen LogP contribution in [0.4, 0.5) is 5.69 Å². The number of nitrogens with two attached hydrogens (primary N) is 1. The molecule has 5 heteroatoms. The number of aliphatic hydroxyl groups excluding tert-OH is 1. The number of hydrogen-bond acceptors (Lipinski definition) is 4.